The van der Waals surface area contributed by atoms with Gasteiger partial charge >= 0.3 is 5.97 Å². The molecule has 1 aromatic heterocycles. The Bertz CT molecular complexity index is 536. The van der Waals surface area contributed by atoms with Crippen molar-refractivity contribution in [2.45, 2.75) is 20.3 Å². The van der Waals surface area contributed by atoms with Gasteiger partial charge in [-0.2, -0.15) is 5.26 Å². The van der Waals surface area contributed by atoms with Gasteiger partial charge in [0.25, 0.3) is 0 Å². The summed E-state index contributed by atoms with van der Waals surface area (Å²) in [5, 5.41) is 18.1. The summed E-state index contributed by atoms with van der Waals surface area (Å²) in [5.41, 5.74) is 0.511. The first kappa shape index (κ1) is 12.4. The monoisotopic (exact) mass is 245 g/mol. The number of carboxylic acids is 1. The van der Waals surface area contributed by atoms with E-state index in [1.165, 1.54) is 0 Å². The van der Waals surface area contributed by atoms with Crippen LogP contribution in [-0.4, -0.2) is 29.1 Å². The minimum atomic E-state index is -0.780. The smallest absolute Gasteiger partial charge is 0.311 e. The molecule has 0 radical (unpaired) electrons. The number of hydrogen-bond donors (Lipinski definition) is 1. The highest BCUT2D eigenvalue weighted by Gasteiger charge is 2.40. The molecule has 1 fully saturated rings. The minimum Gasteiger partial charge on any atom is -0.481 e. The number of aryl methyl sites for hydroxylation is 1. The fourth-order valence-electron chi connectivity index (χ4n) is 2.14. The zero-order valence-electron chi connectivity index (χ0n) is 10.5. The number of carboxylic acid groups (broad SMARTS) is 1. The van der Waals surface area contributed by atoms with Crippen molar-refractivity contribution in [1.29, 1.82) is 5.26 Å². The Labute approximate surface area is 106 Å². The lowest BCUT2D eigenvalue weighted by molar-refractivity contribution is -0.146. The van der Waals surface area contributed by atoms with Crippen molar-refractivity contribution in [3.8, 4) is 6.07 Å². The number of nitriles is 1. The van der Waals surface area contributed by atoms with Gasteiger partial charge in [-0.1, -0.05) is 6.07 Å². The number of anilines is 1. The molecule has 1 aliphatic rings. The maximum Gasteiger partial charge on any atom is 0.311 e. The van der Waals surface area contributed by atoms with E-state index in [9.17, 15) is 9.90 Å². The Balaban J connectivity index is 2.25. The van der Waals surface area contributed by atoms with Crippen molar-refractivity contribution in [3.05, 3.63) is 23.4 Å². The van der Waals surface area contributed by atoms with E-state index < -0.39 is 11.4 Å². The van der Waals surface area contributed by atoms with Crippen molar-refractivity contribution < 1.29 is 9.90 Å². The molecule has 0 aromatic carbocycles. The predicted octanol–water partition coefficient (Wildman–Crippen LogP) is 1.56. The van der Waals surface area contributed by atoms with Crippen LogP contribution >= 0.6 is 0 Å². The number of hydrogen-bond acceptors (Lipinski definition) is 4. The van der Waals surface area contributed by atoms with Crippen LogP contribution in [0.1, 0.15) is 24.6 Å². The van der Waals surface area contributed by atoms with Crippen LogP contribution in [0.3, 0.4) is 0 Å². The first-order valence-corrected chi connectivity index (χ1v) is 5.82. The molecule has 1 aliphatic heterocycles. The van der Waals surface area contributed by atoms with E-state index in [1.807, 2.05) is 30.0 Å². The number of aliphatic carboxylic acids is 1. The van der Waals surface area contributed by atoms with Crippen molar-refractivity contribution in [2.24, 2.45) is 5.41 Å². The van der Waals surface area contributed by atoms with Crippen LogP contribution in [0.2, 0.25) is 0 Å². The minimum absolute atomic E-state index is 0.399. The molecule has 0 aliphatic carbocycles. The second-order valence-corrected chi connectivity index (χ2v) is 4.98. The van der Waals surface area contributed by atoms with Gasteiger partial charge in [0.1, 0.15) is 17.6 Å². The molecule has 1 saturated heterocycles. The number of aromatic nitrogens is 1. The van der Waals surface area contributed by atoms with E-state index in [4.69, 9.17) is 5.26 Å². The van der Waals surface area contributed by atoms with E-state index in [-0.39, 0.29) is 0 Å². The highest BCUT2D eigenvalue weighted by atomic mass is 16.4. The quantitative estimate of drug-likeness (QED) is 0.855. The summed E-state index contributed by atoms with van der Waals surface area (Å²) in [5.74, 6) is -0.0975. The fraction of sp³-hybridized carbons (Fsp3) is 0.462. The zero-order chi connectivity index (χ0) is 13.3. The second-order valence-electron chi connectivity index (χ2n) is 4.98. The summed E-state index contributed by atoms with van der Waals surface area (Å²) < 4.78 is 0. The van der Waals surface area contributed by atoms with E-state index >= 15 is 0 Å². The Morgan fingerprint density at radius 2 is 2.33 bits per heavy atom. The fourth-order valence-corrected chi connectivity index (χ4v) is 2.14. The van der Waals surface area contributed by atoms with Crippen molar-refractivity contribution in [2.75, 3.05) is 18.0 Å². The van der Waals surface area contributed by atoms with Crippen LogP contribution in [0.25, 0.3) is 0 Å². The SMILES string of the molecule is Cc1ccc(N2CCC(C)(C(=O)O)C2)nc1C#N. The number of nitrogens with zero attached hydrogens (tertiary/aromatic N) is 3. The average molecular weight is 245 g/mol. The van der Waals surface area contributed by atoms with Gasteiger partial charge in [0.05, 0.1) is 5.41 Å². The van der Waals surface area contributed by atoms with Crippen molar-refractivity contribution in [1.82, 2.24) is 4.98 Å². The first-order chi connectivity index (χ1) is 8.46. The Kier molecular flexibility index (Phi) is 2.95. The molecule has 1 N–H and O–H groups in total. The summed E-state index contributed by atoms with van der Waals surface area (Å²) in [6.45, 7) is 4.67. The van der Waals surface area contributed by atoms with E-state index in [0.717, 1.165) is 5.56 Å². The molecule has 2 heterocycles. The van der Waals surface area contributed by atoms with Crippen molar-refractivity contribution in [3.63, 3.8) is 0 Å². The van der Waals surface area contributed by atoms with Gasteiger partial charge in [0.15, 0.2) is 0 Å². The molecule has 1 unspecified atom stereocenters. The standard InChI is InChI=1S/C13H15N3O2/c1-9-3-4-11(15-10(9)7-14)16-6-5-13(2,8-16)12(17)18/h3-4H,5-6,8H2,1-2H3,(H,17,18). The van der Waals surface area contributed by atoms with Gasteiger partial charge in [-0.05, 0) is 31.9 Å². The summed E-state index contributed by atoms with van der Waals surface area (Å²) in [4.78, 5) is 17.4. The molecular weight excluding hydrogens is 230 g/mol. The highest BCUT2D eigenvalue weighted by molar-refractivity contribution is 5.76. The molecule has 5 heteroatoms. The van der Waals surface area contributed by atoms with Gasteiger partial charge in [0, 0.05) is 13.1 Å². The van der Waals surface area contributed by atoms with Gasteiger partial charge in [0.2, 0.25) is 0 Å². The lowest BCUT2D eigenvalue weighted by Gasteiger charge is -2.21. The van der Waals surface area contributed by atoms with Gasteiger partial charge in [-0.15, -0.1) is 0 Å². The molecule has 0 saturated carbocycles. The molecule has 1 atom stereocenters. The molecular formula is C13H15N3O2. The van der Waals surface area contributed by atoms with Crippen LogP contribution in [-0.2, 0) is 4.79 Å². The molecule has 94 valence electrons. The molecule has 18 heavy (non-hydrogen) atoms. The van der Waals surface area contributed by atoms with Crippen LogP contribution < -0.4 is 4.90 Å². The van der Waals surface area contributed by atoms with Crippen LogP contribution in [0.4, 0.5) is 5.82 Å². The van der Waals surface area contributed by atoms with E-state index in [1.54, 1.807) is 6.92 Å². The van der Waals surface area contributed by atoms with Crippen LogP contribution in [0.5, 0.6) is 0 Å². The number of pyridine rings is 1. The topological polar surface area (TPSA) is 77.2 Å². The lowest BCUT2D eigenvalue weighted by Crippen LogP contribution is -2.32. The Morgan fingerprint density at radius 1 is 1.61 bits per heavy atom. The summed E-state index contributed by atoms with van der Waals surface area (Å²) in [7, 11) is 0. The Hall–Kier alpha value is -2.09. The molecule has 5 nitrogen and oxygen atoms in total. The Morgan fingerprint density at radius 3 is 2.89 bits per heavy atom. The van der Waals surface area contributed by atoms with Gasteiger partial charge < -0.3 is 10.0 Å². The first-order valence-electron chi connectivity index (χ1n) is 5.82. The van der Waals surface area contributed by atoms with E-state index in [0.29, 0.717) is 31.0 Å². The second kappa shape index (κ2) is 4.30. The van der Waals surface area contributed by atoms with Gasteiger partial charge in [-0.3, -0.25) is 4.79 Å². The third-order valence-electron chi connectivity index (χ3n) is 3.50. The number of carbonyl (C=O) groups is 1. The maximum absolute atomic E-state index is 11.2. The third kappa shape index (κ3) is 2.02. The molecule has 0 bridgehead atoms. The van der Waals surface area contributed by atoms with Crippen LogP contribution in [0, 0.1) is 23.7 Å². The highest BCUT2D eigenvalue weighted by Crippen LogP contribution is 2.32. The molecule has 0 spiro atoms. The molecule has 2 rings (SSSR count). The average Bonchev–Trinajstić information content (AvgIpc) is 2.74. The van der Waals surface area contributed by atoms with E-state index in [2.05, 4.69) is 4.98 Å². The molecule has 1 aromatic rings. The predicted molar refractivity (Wildman–Crippen MR) is 66.3 cm³/mol. The summed E-state index contributed by atoms with van der Waals surface area (Å²) in [6.07, 6.45) is 0.597. The molecule has 0 amide bonds. The third-order valence-corrected chi connectivity index (χ3v) is 3.50. The van der Waals surface area contributed by atoms with Crippen molar-refractivity contribution >= 4 is 11.8 Å². The van der Waals surface area contributed by atoms with Crippen LogP contribution in [0.15, 0.2) is 12.1 Å². The zero-order valence-corrected chi connectivity index (χ0v) is 10.5. The number of rotatable bonds is 2. The normalized spacial score (nSPS) is 22.8. The maximum atomic E-state index is 11.2. The summed E-state index contributed by atoms with van der Waals surface area (Å²) in [6, 6.07) is 5.73. The largest absolute Gasteiger partial charge is 0.481 e. The lowest BCUT2D eigenvalue weighted by atomic mass is 9.90. The summed E-state index contributed by atoms with van der Waals surface area (Å²) >= 11 is 0. The van der Waals surface area contributed by atoms with Gasteiger partial charge in [-0.25, -0.2) is 4.98 Å².